The number of nitrogens with zero attached hydrogens (tertiary/aromatic N) is 2. The van der Waals surface area contributed by atoms with Crippen molar-refractivity contribution in [1.29, 1.82) is 0 Å². The van der Waals surface area contributed by atoms with Crippen LogP contribution in [0.4, 0.5) is 0 Å². The van der Waals surface area contributed by atoms with Gasteiger partial charge in [-0.2, -0.15) is 0 Å². The van der Waals surface area contributed by atoms with Crippen molar-refractivity contribution in [3.05, 3.63) is 77.7 Å². The minimum Gasteiger partial charge on any atom is -0.497 e. The number of benzene rings is 2. The first-order valence-corrected chi connectivity index (χ1v) is 16.7. The first-order chi connectivity index (χ1) is 24.3. The summed E-state index contributed by atoms with van der Waals surface area (Å²) < 4.78 is 39.1. The Morgan fingerprint density at radius 3 is 2.20 bits per heavy atom. The Bertz CT molecular complexity index is 1740. The summed E-state index contributed by atoms with van der Waals surface area (Å²) in [7, 11) is 9.10. The van der Waals surface area contributed by atoms with Crippen LogP contribution in [0, 0.1) is 17.8 Å². The van der Waals surface area contributed by atoms with Gasteiger partial charge in [0.05, 0.1) is 53.1 Å². The number of fused-ring (bicyclic) bond motifs is 6. The van der Waals surface area contributed by atoms with Gasteiger partial charge in [-0.05, 0) is 73.1 Å². The van der Waals surface area contributed by atoms with E-state index in [1.165, 1.54) is 45.1 Å². The number of esters is 2. The van der Waals surface area contributed by atoms with Crippen LogP contribution in [0.2, 0.25) is 0 Å². The van der Waals surface area contributed by atoms with E-state index >= 15 is 0 Å². The lowest BCUT2D eigenvalue weighted by Gasteiger charge is -2.52. The Morgan fingerprint density at radius 2 is 1.62 bits per heavy atom. The number of pyridine rings is 1. The molecule has 266 valence electrons. The van der Waals surface area contributed by atoms with Crippen molar-refractivity contribution < 1.29 is 42.7 Å². The second-order valence-corrected chi connectivity index (χ2v) is 12.7. The van der Waals surface area contributed by atoms with Gasteiger partial charge in [0, 0.05) is 55.3 Å². The number of aromatic amines is 1. The predicted molar refractivity (Wildman–Crippen MR) is 185 cm³/mol. The molecule has 4 aromatic rings. The van der Waals surface area contributed by atoms with Gasteiger partial charge in [-0.1, -0.05) is 6.07 Å². The lowest BCUT2D eigenvalue weighted by atomic mass is 9.63. The van der Waals surface area contributed by atoms with Crippen LogP contribution in [-0.4, -0.2) is 94.8 Å². The van der Waals surface area contributed by atoms with Crippen molar-refractivity contribution in [1.82, 2.24) is 14.9 Å². The second-order valence-electron chi connectivity index (χ2n) is 12.7. The summed E-state index contributed by atoms with van der Waals surface area (Å²) in [6.07, 6.45) is 4.42. The summed E-state index contributed by atoms with van der Waals surface area (Å²) in [5.74, 6) is 0.441. The number of nitrogens with one attached hydrogen (secondary N) is 1. The standard InChI is InChI=1S/C33H40N2O9.C5H5N/c1-38-19-7-8-20-21-9-10-35-16-18-13-27(44-32(36)17-11-25(39-2)30(41-4)26(12-17)40-3)31(42-5)28(33(37)43-6)22(18)15-24(35)29(21)34-23(20)14-19;1-2-4-6-5-3-1/h7-8,11-12,14,18,22,24,27-28,31,34H,9-10,13,15-16H2,1-6H3;1-5H/t18-,22+,24-,27-,28+,31+;/m1./s1. The van der Waals surface area contributed by atoms with Crippen LogP contribution in [0.3, 0.4) is 0 Å². The fourth-order valence-corrected chi connectivity index (χ4v) is 8.07. The molecule has 0 spiro atoms. The molecule has 12 nitrogen and oxygen atoms in total. The van der Waals surface area contributed by atoms with Gasteiger partial charge >= 0.3 is 11.9 Å². The molecule has 12 heteroatoms. The molecule has 6 atom stereocenters. The average molecular weight is 688 g/mol. The zero-order valence-electron chi connectivity index (χ0n) is 29.3. The van der Waals surface area contributed by atoms with E-state index in [0.717, 1.165) is 37.2 Å². The predicted octanol–water partition coefficient (Wildman–Crippen LogP) is 5.25. The molecular formula is C38H45N3O9. The maximum absolute atomic E-state index is 13.5. The van der Waals surface area contributed by atoms with E-state index in [0.29, 0.717) is 23.7 Å². The third kappa shape index (κ3) is 6.69. The fraction of sp³-hybridized carbons (Fsp3) is 0.447. The van der Waals surface area contributed by atoms with E-state index in [1.807, 2.05) is 30.3 Å². The van der Waals surface area contributed by atoms with E-state index in [1.54, 1.807) is 38.7 Å². The Balaban J connectivity index is 0.000000652. The number of hydrogen-bond donors (Lipinski definition) is 1. The number of carbonyl (C=O) groups excluding carboxylic acids is 2. The maximum atomic E-state index is 13.5. The van der Waals surface area contributed by atoms with E-state index in [-0.39, 0.29) is 29.4 Å². The smallest absolute Gasteiger partial charge is 0.338 e. The van der Waals surface area contributed by atoms with Gasteiger partial charge in [0.25, 0.3) is 0 Å². The van der Waals surface area contributed by atoms with Crippen molar-refractivity contribution >= 4 is 22.8 Å². The lowest BCUT2D eigenvalue weighted by molar-refractivity contribution is -0.176. The Morgan fingerprint density at radius 1 is 0.880 bits per heavy atom. The highest BCUT2D eigenvalue weighted by atomic mass is 16.6. The summed E-state index contributed by atoms with van der Waals surface area (Å²) in [4.78, 5) is 36.9. The zero-order chi connectivity index (χ0) is 35.4. The van der Waals surface area contributed by atoms with Crippen molar-refractivity contribution in [2.45, 2.75) is 37.5 Å². The highest BCUT2D eigenvalue weighted by Crippen LogP contribution is 2.51. The normalized spacial score (nSPS) is 24.0. The Kier molecular flexibility index (Phi) is 10.8. The molecule has 2 fully saturated rings. The molecule has 7 rings (SSSR count). The van der Waals surface area contributed by atoms with Crippen LogP contribution in [0.25, 0.3) is 10.9 Å². The van der Waals surface area contributed by atoms with Crippen LogP contribution in [0.15, 0.2) is 60.9 Å². The number of aromatic nitrogens is 2. The summed E-state index contributed by atoms with van der Waals surface area (Å²) in [5.41, 5.74) is 3.83. The average Bonchev–Trinajstić information content (AvgIpc) is 3.54. The Hall–Kier alpha value is -4.81. The number of piperidine rings is 1. The number of rotatable bonds is 8. The molecule has 0 radical (unpaired) electrons. The second kappa shape index (κ2) is 15.4. The van der Waals surface area contributed by atoms with Gasteiger partial charge in [0.1, 0.15) is 18.0 Å². The third-order valence-corrected chi connectivity index (χ3v) is 10.3. The van der Waals surface area contributed by atoms with Crippen molar-refractivity contribution in [3.8, 4) is 23.0 Å². The quantitative estimate of drug-likeness (QED) is 0.244. The van der Waals surface area contributed by atoms with Crippen LogP contribution in [0.5, 0.6) is 23.0 Å². The maximum Gasteiger partial charge on any atom is 0.338 e. The van der Waals surface area contributed by atoms with Gasteiger partial charge in [-0.3, -0.25) is 14.7 Å². The molecule has 50 heavy (non-hydrogen) atoms. The van der Waals surface area contributed by atoms with Gasteiger partial charge < -0.3 is 38.1 Å². The zero-order valence-corrected chi connectivity index (χ0v) is 29.3. The Labute approximate surface area is 291 Å². The summed E-state index contributed by atoms with van der Waals surface area (Å²) in [6.45, 7) is 1.68. The van der Waals surface area contributed by atoms with Gasteiger partial charge in [0.2, 0.25) is 5.75 Å². The van der Waals surface area contributed by atoms with Crippen LogP contribution in [-0.2, 0) is 25.4 Å². The fourth-order valence-electron chi connectivity index (χ4n) is 8.07. The molecule has 1 saturated carbocycles. The largest absolute Gasteiger partial charge is 0.497 e. The van der Waals surface area contributed by atoms with Crippen molar-refractivity contribution in [2.24, 2.45) is 17.8 Å². The van der Waals surface area contributed by atoms with Crippen LogP contribution < -0.4 is 18.9 Å². The monoisotopic (exact) mass is 687 g/mol. The molecule has 2 aromatic carbocycles. The van der Waals surface area contributed by atoms with Crippen molar-refractivity contribution in [2.75, 3.05) is 55.7 Å². The molecule has 1 saturated heterocycles. The number of ether oxygens (including phenoxy) is 7. The lowest BCUT2D eigenvalue weighted by Crippen LogP contribution is -2.58. The number of H-pyrrole nitrogens is 1. The third-order valence-electron chi connectivity index (χ3n) is 10.3. The van der Waals surface area contributed by atoms with E-state index < -0.39 is 24.1 Å². The van der Waals surface area contributed by atoms with E-state index in [2.05, 4.69) is 20.9 Å². The van der Waals surface area contributed by atoms with E-state index in [4.69, 9.17) is 33.2 Å². The molecule has 1 N–H and O–H groups in total. The molecular weight excluding hydrogens is 642 g/mol. The van der Waals surface area contributed by atoms with Crippen molar-refractivity contribution in [3.63, 3.8) is 0 Å². The topological polar surface area (TPSA) is 131 Å². The van der Waals surface area contributed by atoms with E-state index in [9.17, 15) is 9.59 Å². The summed E-state index contributed by atoms with van der Waals surface area (Å²) in [6, 6.07) is 15.1. The molecule has 0 amide bonds. The minimum atomic E-state index is -0.670. The molecule has 1 aliphatic carbocycles. The SMILES string of the molecule is COC(=O)[C@H]1[C@H]2C[C@@H]3c4[nH]c5cc(OC)ccc5c4CCN3C[C@H]2C[C@@H](OC(=O)c2cc(OC)c(OC)c(OC)c2)[C@@H]1OC.c1ccncc1. The minimum absolute atomic E-state index is 0.0170. The first kappa shape index (κ1) is 35.0. The van der Waals surface area contributed by atoms with Crippen LogP contribution >= 0.6 is 0 Å². The molecule has 2 aliphatic heterocycles. The first-order valence-electron chi connectivity index (χ1n) is 16.7. The number of carbonyl (C=O) groups is 2. The van der Waals surface area contributed by atoms with Crippen LogP contribution in [0.1, 0.15) is 40.5 Å². The molecule has 0 bridgehead atoms. The number of methoxy groups -OCH3 is 6. The van der Waals surface area contributed by atoms with Gasteiger partial charge in [-0.15, -0.1) is 0 Å². The highest BCUT2D eigenvalue weighted by molar-refractivity contribution is 5.91. The molecule has 0 unspecified atom stereocenters. The van der Waals surface area contributed by atoms with Gasteiger partial charge in [-0.25, -0.2) is 4.79 Å². The number of hydrogen-bond acceptors (Lipinski definition) is 11. The molecule has 3 aliphatic rings. The summed E-state index contributed by atoms with van der Waals surface area (Å²) >= 11 is 0. The molecule has 4 heterocycles. The highest BCUT2D eigenvalue weighted by Gasteiger charge is 2.54. The molecule has 2 aromatic heterocycles. The van der Waals surface area contributed by atoms with Gasteiger partial charge in [0.15, 0.2) is 11.5 Å². The summed E-state index contributed by atoms with van der Waals surface area (Å²) in [5, 5.41) is 1.21.